The number of nitrogens with zero attached hydrogens (tertiary/aromatic N) is 3. The summed E-state index contributed by atoms with van der Waals surface area (Å²) in [5.41, 5.74) is 1.43. The molecule has 0 atom stereocenters. The van der Waals surface area contributed by atoms with Crippen LogP contribution in [0.3, 0.4) is 0 Å². The summed E-state index contributed by atoms with van der Waals surface area (Å²) in [6.07, 6.45) is 1.46. The molecule has 2 aliphatic heterocycles. The number of anilines is 2. The summed E-state index contributed by atoms with van der Waals surface area (Å²) in [6, 6.07) is 6.01. The molecular formula is C19H16ClFN4O4. The van der Waals surface area contributed by atoms with Crippen LogP contribution in [-0.4, -0.2) is 53.8 Å². The number of amides is 2. The van der Waals surface area contributed by atoms with E-state index in [9.17, 15) is 18.8 Å². The molecule has 0 spiro atoms. The maximum Gasteiger partial charge on any atom is 0.317 e. The first-order chi connectivity index (χ1) is 13.9. The average molecular weight is 419 g/mol. The van der Waals surface area contributed by atoms with Gasteiger partial charge in [0, 0.05) is 37.9 Å². The number of hydrogen-bond acceptors (Lipinski definition) is 6. The van der Waals surface area contributed by atoms with E-state index < -0.39 is 23.6 Å². The highest BCUT2D eigenvalue weighted by Gasteiger charge is 2.27. The van der Waals surface area contributed by atoms with Crippen LogP contribution in [0.2, 0.25) is 5.02 Å². The lowest BCUT2D eigenvalue weighted by molar-refractivity contribution is -0.143. The van der Waals surface area contributed by atoms with Crippen molar-refractivity contribution in [2.75, 3.05) is 36.4 Å². The van der Waals surface area contributed by atoms with Crippen LogP contribution in [0.5, 0.6) is 5.75 Å². The van der Waals surface area contributed by atoms with Crippen LogP contribution in [0.15, 0.2) is 30.5 Å². The van der Waals surface area contributed by atoms with Gasteiger partial charge >= 0.3 is 17.8 Å². The van der Waals surface area contributed by atoms with Gasteiger partial charge in [0.15, 0.2) is 5.75 Å². The summed E-state index contributed by atoms with van der Waals surface area (Å²) in [5, 5.41) is 2.53. The van der Waals surface area contributed by atoms with Gasteiger partial charge in [-0.1, -0.05) is 11.6 Å². The Labute approximate surface area is 170 Å². The van der Waals surface area contributed by atoms with E-state index in [0.717, 1.165) is 0 Å². The van der Waals surface area contributed by atoms with Gasteiger partial charge in [0.2, 0.25) is 0 Å². The number of fused-ring (bicyclic) bond motifs is 1. The van der Waals surface area contributed by atoms with Crippen LogP contribution in [0.1, 0.15) is 5.69 Å². The van der Waals surface area contributed by atoms with Crippen LogP contribution >= 0.6 is 11.6 Å². The summed E-state index contributed by atoms with van der Waals surface area (Å²) in [7, 11) is 0. The van der Waals surface area contributed by atoms with E-state index in [-0.39, 0.29) is 22.9 Å². The number of rotatable bonds is 2. The third-order valence-electron chi connectivity index (χ3n) is 4.75. The van der Waals surface area contributed by atoms with Gasteiger partial charge in [0.1, 0.15) is 5.82 Å². The lowest BCUT2D eigenvalue weighted by Crippen LogP contribution is -2.51. The minimum atomic E-state index is -0.804. The Morgan fingerprint density at radius 3 is 2.66 bits per heavy atom. The largest absolute Gasteiger partial charge is 0.424 e. The molecule has 10 heteroatoms. The normalized spacial score (nSPS) is 15.7. The van der Waals surface area contributed by atoms with E-state index >= 15 is 0 Å². The second-order valence-corrected chi connectivity index (χ2v) is 7.06. The van der Waals surface area contributed by atoms with E-state index in [1.165, 1.54) is 29.3 Å². The first-order valence-corrected chi connectivity index (χ1v) is 9.28. The van der Waals surface area contributed by atoms with Crippen molar-refractivity contribution >= 4 is 40.8 Å². The fourth-order valence-electron chi connectivity index (χ4n) is 3.24. The fraction of sp³-hybridized carbons (Fsp3) is 0.263. The monoisotopic (exact) mass is 418 g/mol. The van der Waals surface area contributed by atoms with Crippen molar-refractivity contribution in [2.45, 2.75) is 6.42 Å². The Kier molecular flexibility index (Phi) is 5.06. The molecule has 29 heavy (non-hydrogen) atoms. The highest BCUT2D eigenvalue weighted by Crippen LogP contribution is 2.27. The quantitative estimate of drug-likeness (QED) is 0.588. The third-order valence-corrected chi connectivity index (χ3v) is 5.06. The van der Waals surface area contributed by atoms with Crippen molar-refractivity contribution in [3.05, 3.63) is 47.0 Å². The summed E-state index contributed by atoms with van der Waals surface area (Å²) in [6.45, 7) is 1.54. The Morgan fingerprint density at radius 1 is 1.17 bits per heavy atom. The molecule has 1 fully saturated rings. The first kappa shape index (κ1) is 19.1. The number of carbonyl (C=O) groups is 3. The number of carbonyl (C=O) groups excluding carboxylic acids is 3. The van der Waals surface area contributed by atoms with Gasteiger partial charge < -0.3 is 19.9 Å². The topological polar surface area (TPSA) is 91.8 Å². The summed E-state index contributed by atoms with van der Waals surface area (Å²) in [5.74, 6) is -2.11. The molecule has 2 aliphatic rings. The SMILES string of the molecule is O=C1Cc2ncc(NC(=O)C(=O)N3CCN(c4ccc(Cl)c(F)c4)CC3)cc2O1. The second-order valence-electron chi connectivity index (χ2n) is 6.65. The van der Waals surface area contributed by atoms with Crippen molar-refractivity contribution in [3.63, 3.8) is 0 Å². The molecule has 1 aromatic heterocycles. The van der Waals surface area contributed by atoms with E-state index in [1.807, 2.05) is 4.90 Å². The van der Waals surface area contributed by atoms with Gasteiger partial charge in [-0.15, -0.1) is 0 Å². The smallest absolute Gasteiger partial charge is 0.317 e. The third kappa shape index (κ3) is 4.00. The zero-order valence-corrected chi connectivity index (χ0v) is 15.9. The number of ether oxygens (including phenoxy) is 1. The summed E-state index contributed by atoms with van der Waals surface area (Å²) >= 11 is 5.70. The van der Waals surface area contributed by atoms with Crippen molar-refractivity contribution < 1.29 is 23.5 Å². The predicted octanol–water partition coefficient (Wildman–Crippen LogP) is 1.62. The number of aromatic nitrogens is 1. The van der Waals surface area contributed by atoms with Crippen LogP contribution in [-0.2, 0) is 20.8 Å². The highest BCUT2D eigenvalue weighted by atomic mass is 35.5. The molecule has 8 nitrogen and oxygen atoms in total. The van der Waals surface area contributed by atoms with Gasteiger partial charge in [-0.3, -0.25) is 19.4 Å². The number of hydrogen-bond donors (Lipinski definition) is 1. The minimum absolute atomic E-state index is 0.0510. The molecule has 3 heterocycles. The van der Waals surface area contributed by atoms with Crippen LogP contribution in [0.25, 0.3) is 0 Å². The molecular weight excluding hydrogens is 403 g/mol. The van der Waals surface area contributed by atoms with E-state index in [4.69, 9.17) is 16.3 Å². The number of esters is 1. The maximum absolute atomic E-state index is 13.6. The van der Waals surface area contributed by atoms with Gasteiger partial charge in [-0.2, -0.15) is 0 Å². The van der Waals surface area contributed by atoms with E-state index in [0.29, 0.717) is 37.6 Å². The Morgan fingerprint density at radius 2 is 1.93 bits per heavy atom. The fourth-order valence-corrected chi connectivity index (χ4v) is 3.35. The Balaban J connectivity index is 1.34. The number of nitrogens with one attached hydrogen (secondary N) is 1. The molecule has 0 radical (unpaired) electrons. The van der Waals surface area contributed by atoms with Gasteiger partial charge in [-0.25, -0.2) is 4.39 Å². The standard InChI is InChI=1S/C19H16ClFN4O4/c20-13-2-1-12(8-14(13)21)24-3-5-25(6-4-24)19(28)18(27)23-11-7-16-15(22-10-11)9-17(26)29-16/h1-2,7-8,10H,3-6,9H2,(H,23,27). The minimum Gasteiger partial charge on any atom is -0.424 e. The van der Waals surface area contributed by atoms with E-state index in [1.54, 1.807) is 6.07 Å². The first-order valence-electron chi connectivity index (χ1n) is 8.90. The van der Waals surface area contributed by atoms with Crippen molar-refractivity contribution in [3.8, 4) is 5.75 Å². The average Bonchev–Trinajstić information content (AvgIpc) is 3.09. The number of benzene rings is 1. The van der Waals surface area contributed by atoms with Crippen LogP contribution in [0, 0.1) is 5.82 Å². The van der Waals surface area contributed by atoms with Crippen molar-refractivity contribution in [2.24, 2.45) is 0 Å². The molecule has 0 saturated carbocycles. The molecule has 2 amide bonds. The molecule has 1 saturated heterocycles. The van der Waals surface area contributed by atoms with Crippen molar-refractivity contribution in [1.82, 2.24) is 9.88 Å². The van der Waals surface area contributed by atoms with Crippen LogP contribution < -0.4 is 15.0 Å². The second kappa shape index (κ2) is 7.67. The zero-order valence-electron chi connectivity index (χ0n) is 15.2. The van der Waals surface area contributed by atoms with Gasteiger partial charge in [0.25, 0.3) is 0 Å². The van der Waals surface area contributed by atoms with Crippen molar-refractivity contribution in [1.29, 1.82) is 0 Å². The highest BCUT2D eigenvalue weighted by molar-refractivity contribution is 6.39. The number of pyridine rings is 1. The molecule has 0 aliphatic carbocycles. The van der Waals surface area contributed by atoms with E-state index in [2.05, 4.69) is 10.3 Å². The molecule has 0 unspecified atom stereocenters. The lowest BCUT2D eigenvalue weighted by atomic mass is 10.2. The molecule has 4 rings (SSSR count). The number of piperazine rings is 1. The molecule has 150 valence electrons. The van der Waals surface area contributed by atoms with Gasteiger partial charge in [-0.05, 0) is 18.2 Å². The maximum atomic E-state index is 13.6. The van der Waals surface area contributed by atoms with Crippen LogP contribution in [0.4, 0.5) is 15.8 Å². The molecule has 1 aromatic carbocycles. The zero-order chi connectivity index (χ0) is 20.5. The lowest BCUT2D eigenvalue weighted by Gasteiger charge is -2.35. The Hall–Kier alpha value is -3.20. The molecule has 0 bridgehead atoms. The summed E-state index contributed by atoms with van der Waals surface area (Å²) < 4.78 is 18.6. The molecule has 1 N–H and O–H groups in total. The van der Waals surface area contributed by atoms with Gasteiger partial charge in [0.05, 0.1) is 29.0 Å². The molecule has 2 aromatic rings. The Bertz CT molecular complexity index is 1010. The predicted molar refractivity (Wildman–Crippen MR) is 102 cm³/mol. The summed E-state index contributed by atoms with van der Waals surface area (Å²) in [4.78, 5) is 43.4. The number of halogens is 2.